The molecule has 1 fully saturated rings. The number of benzene rings is 1. The van der Waals surface area contributed by atoms with Gasteiger partial charge in [0.05, 0.1) is 17.9 Å². The van der Waals surface area contributed by atoms with Gasteiger partial charge in [0.1, 0.15) is 18.1 Å². The monoisotopic (exact) mass is 431 g/mol. The van der Waals surface area contributed by atoms with Crippen molar-refractivity contribution in [2.24, 2.45) is 0 Å². The number of piperazine rings is 1. The molecule has 0 bridgehead atoms. The third kappa shape index (κ3) is 3.84. The van der Waals surface area contributed by atoms with E-state index in [1.807, 2.05) is 19.9 Å². The summed E-state index contributed by atoms with van der Waals surface area (Å²) in [5.74, 6) is 1.05. The quantitative estimate of drug-likeness (QED) is 0.673. The summed E-state index contributed by atoms with van der Waals surface area (Å²) in [7, 11) is 0. The standard InChI is InChI=1S/C26H29N3O3/c1-3-18-10-19-6-5-17(9-20(19)11-25(18)31)14-28-7-8-29-21(15-28)16-32-26-12-22(24(30)4-2)27-13-23(26)29/h5-6,9-10,12-13,21H,3-4,7-8,11,14-16H2,1-2H3. The second-order valence-electron chi connectivity index (χ2n) is 8.86. The molecule has 3 aliphatic rings. The molecule has 3 heterocycles. The van der Waals surface area contributed by atoms with Crippen LogP contribution in [0.4, 0.5) is 5.69 Å². The number of ketones is 2. The lowest BCUT2D eigenvalue weighted by molar-refractivity contribution is -0.115. The van der Waals surface area contributed by atoms with Gasteiger partial charge in [-0.25, -0.2) is 0 Å². The van der Waals surface area contributed by atoms with E-state index < -0.39 is 0 Å². The maximum absolute atomic E-state index is 12.3. The number of anilines is 1. The van der Waals surface area contributed by atoms with Gasteiger partial charge in [0.2, 0.25) is 0 Å². The number of nitrogens with zero attached hydrogens (tertiary/aromatic N) is 3. The molecule has 0 amide bonds. The summed E-state index contributed by atoms with van der Waals surface area (Å²) in [6.07, 6.45) is 5.59. The molecular weight excluding hydrogens is 402 g/mol. The molecule has 1 atom stereocenters. The largest absolute Gasteiger partial charge is 0.489 e. The number of carbonyl (C=O) groups is 2. The minimum Gasteiger partial charge on any atom is -0.489 e. The minimum absolute atomic E-state index is 0.0384. The molecule has 2 aliphatic heterocycles. The maximum atomic E-state index is 12.3. The van der Waals surface area contributed by atoms with Crippen LogP contribution in [0.2, 0.25) is 0 Å². The average molecular weight is 432 g/mol. The molecule has 1 unspecified atom stereocenters. The average Bonchev–Trinajstić information content (AvgIpc) is 2.82. The van der Waals surface area contributed by atoms with Crippen LogP contribution in [0, 0.1) is 0 Å². The Bertz CT molecular complexity index is 1110. The van der Waals surface area contributed by atoms with Gasteiger partial charge in [-0.2, -0.15) is 0 Å². The number of ether oxygens (including phenoxy) is 1. The first kappa shape index (κ1) is 20.9. The van der Waals surface area contributed by atoms with E-state index in [9.17, 15) is 9.59 Å². The third-order valence-corrected chi connectivity index (χ3v) is 6.79. The first-order valence-electron chi connectivity index (χ1n) is 11.6. The van der Waals surface area contributed by atoms with E-state index in [2.05, 4.69) is 33.0 Å². The Balaban J connectivity index is 1.27. The number of fused-ring (bicyclic) bond motifs is 4. The second-order valence-corrected chi connectivity index (χ2v) is 8.86. The number of pyridine rings is 1. The molecule has 1 saturated heterocycles. The van der Waals surface area contributed by atoms with Gasteiger partial charge in [0.15, 0.2) is 11.6 Å². The Kier molecular flexibility index (Phi) is 5.55. The van der Waals surface area contributed by atoms with Crippen LogP contribution in [0.25, 0.3) is 6.08 Å². The first-order chi connectivity index (χ1) is 15.6. The SMILES string of the molecule is CCC(=O)c1cc2c(cn1)N1CCN(Cc3ccc4c(c3)CC(=O)C(CC)=C4)CC1CO2. The molecule has 0 spiro atoms. The van der Waals surface area contributed by atoms with E-state index in [0.717, 1.165) is 55.2 Å². The van der Waals surface area contributed by atoms with Crippen molar-refractivity contribution in [3.63, 3.8) is 0 Å². The van der Waals surface area contributed by atoms with Crippen LogP contribution in [0.1, 0.15) is 53.9 Å². The molecule has 0 saturated carbocycles. The molecule has 5 rings (SSSR count). The zero-order chi connectivity index (χ0) is 22.2. The van der Waals surface area contributed by atoms with Crippen molar-refractivity contribution in [1.29, 1.82) is 0 Å². The fourth-order valence-corrected chi connectivity index (χ4v) is 4.97. The zero-order valence-corrected chi connectivity index (χ0v) is 18.8. The van der Waals surface area contributed by atoms with Crippen molar-refractivity contribution in [2.45, 2.75) is 45.7 Å². The number of carbonyl (C=O) groups excluding carboxylic acids is 2. The van der Waals surface area contributed by atoms with Crippen molar-refractivity contribution >= 4 is 23.3 Å². The molecule has 1 aliphatic carbocycles. The Morgan fingerprint density at radius 2 is 2.09 bits per heavy atom. The van der Waals surface area contributed by atoms with Gasteiger partial charge in [0, 0.05) is 45.1 Å². The normalized spacial score (nSPS) is 20.1. The van der Waals surface area contributed by atoms with Crippen molar-refractivity contribution < 1.29 is 14.3 Å². The summed E-state index contributed by atoms with van der Waals surface area (Å²) in [5, 5.41) is 0. The van der Waals surface area contributed by atoms with Crippen LogP contribution in [0.5, 0.6) is 5.75 Å². The van der Waals surface area contributed by atoms with Crippen LogP contribution in [-0.4, -0.2) is 53.7 Å². The molecular formula is C26H29N3O3. The number of aromatic nitrogens is 1. The topological polar surface area (TPSA) is 62.7 Å². The highest BCUT2D eigenvalue weighted by Crippen LogP contribution is 2.35. The van der Waals surface area contributed by atoms with Gasteiger partial charge in [0.25, 0.3) is 0 Å². The van der Waals surface area contributed by atoms with Crippen molar-refractivity contribution in [3.05, 3.63) is 58.4 Å². The summed E-state index contributed by atoms with van der Waals surface area (Å²) >= 11 is 0. The van der Waals surface area contributed by atoms with Gasteiger partial charge in [-0.05, 0) is 34.8 Å². The fourth-order valence-electron chi connectivity index (χ4n) is 4.97. The smallest absolute Gasteiger partial charge is 0.181 e. The summed E-state index contributed by atoms with van der Waals surface area (Å²) < 4.78 is 6.03. The van der Waals surface area contributed by atoms with Crippen LogP contribution >= 0.6 is 0 Å². The molecule has 166 valence electrons. The summed E-state index contributed by atoms with van der Waals surface area (Å²) in [5.41, 5.74) is 5.97. The highest BCUT2D eigenvalue weighted by atomic mass is 16.5. The number of hydrogen-bond acceptors (Lipinski definition) is 6. The van der Waals surface area contributed by atoms with E-state index in [1.54, 1.807) is 12.3 Å². The lowest BCUT2D eigenvalue weighted by Gasteiger charge is -2.45. The zero-order valence-electron chi connectivity index (χ0n) is 18.8. The van der Waals surface area contributed by atoms with Crippen molar-refractivity contribution in [3.8, 4) is 5.75 Å². The third-order valence-electron chi connectivity index (χ3n) is 6.79. The Morgan fingerprint density at radius 1 is 1.22 bits per heavy atom. The maximum Gasteiger partial charge on any atom is 0.181 e. The fraction of sp³-hybridized carbons (Fsp3) is 0.423. The molecule has 32 heavy (non-hydrogen) atoms. The Hall–Kier alpha value is -2.99. The molecule has 1 aromatic carbocycles. The predicted octanol–water partition coefficient (Wildman–Crippen LogP) is 3.68. The van der Waals surface area contributed by atoms with Crippen molar-refractivity contribution in [1.82, 2.24) is 9.88 Å². The minimum atomic E-state index is 0.0384. The lowest BCUT2D eigenvalue weighted by Crippen LogP contribution is -2.57. The van der Waals surface area contributed by atoms with Crippen LogP contribution < -0.4 is 9.64 Å². The highest BCUT2D eigenvalue weighted by Gasteiger charge is 2.33. The highest BCUT2D eigenvalue weighted by molar-refractivity contribution is 6.03. The van der Waals surface area contributed by atoms with Gasteiger partial charge >= 0.3 is 0 Å². The van der Waals surface area contributed by atoms with Gasteiger partial charge in [-0.1, -0.05) is 32.0 Å². The molecule has 6 nitrogen and oxygen atoms in total. The van der Waals surface area contributed by atoms with E-state index in [0.29, 0.717) is 25.1 Å². The summed E-state index contributed by atoms with van der Waals surface area (Å²) in [6.45, 7) is 8.11. The molecule has 0 N–H and O–H groups in total. The summed E-state index contributed by atoms with van der Waals surface area (Å²) in [4.78, 5) is 33.5. The van der Waals surface area contributed by atoms with E-state index >= 15 is 0 Å². The molecule has 0 radical (unpaired) electrons. The van der Waals surface area contributed by atoms with Crippen molar-refractivity contribution in [2.75, 3.05) is 31.1 Å². The van der Waals surface area contributed by atoms with Gasteiger partial charge in [-0.15, -0.1) is 0 Å². The lowest BCUT2D eigenvalue weighted by atomic mass is 9.89. The van der Waals surface area contributed by atoms with Crippen LogP contribution in [-0.2, 0) is 17.8 Å². The molecule has 6 heteroatoms. The number of Topliss-reactive ketones (excluding diaryl/α,β-unsaturated/α-hetero) is 2. The van der Waals surface area contributed by atoms with Gasteiger partial charge < -0.3 is 9.64 Å². The molecule has 1 aromatic heterocycles. The van der Waals surface area contributed by atoms with Crippen LogP contribution in [0.15, 0.2) is 36.0 Å². The van der Waals surface area contributed by atoms with E-state index in [1.165, 1.54) is 11.1 Å². The van der Waals surface area contributed by atoms with E-state index in [-0.39, 0.29) is 17.6 Å². The van der Waals surface area contributed by atoms with Crippen LogP contribution in [0.3, 0.4) is 0 Å². The number of rotatable bonds is 5. The first-order valence-corrected chi connectivity index (χ1v) is 11.6. The van der Waals surface area contributed by atoms with Gasteiger partial charge in [-0.3, -0.25) is 19.5 Å². The second kappa shape index (κ2) is 8.51. The number of allylic oxidation sites excluding steroid dienone is 1. The van der Waals surface area contributed by atoms with E-state index in [4.69, 9.17) is 4.74 Å². The predicted molar refractivity (Wildman–Crippen MR) is 124 cm³/mol. The Morgan fingerprint density at radius 3 is 2.91 bits per heavy atom. The molecule has 2 aromatic rings. The summed E-state index contributed by atoms with van der Waals surface area (Å²) in [6, 6.07) is 8.60. The Labute approximate surface area is 188 Å². The number of hydrogen-bond donors (Lipinski definition) is 0.